The summed E-state index contributed by atoms with van der Waals surface area (Å²) < 4.78 is 3.31. The summed E-state index contributed by atoms with van der Waals surface area (Å²) in [6.07, 6.45) is 8.57. The molecule has 0 aliphatic carbocycles. The third-order valence-electron chi connectivity index (χ3n) is 3.68. The van der Waals surface area contributed by atoms with Crippen molar-refractivity contribution in [2.24, 2.45) is 7.05 Å². The molecule has 0 spiro atoms. The SMILES string of the molecule is Cn1cc(-c2cn(-c3ccccc3)c(=O)c3nccnc23)cn1. The third-order valence-corrected chi connectivity index (χ3v) is 3.68. The van der Waals surface area contributed by atoms with E-state index in [4.69, 9.17) is 0 Å². The Morgan fingerprint density at radius 2 is 1.70 bits per heavy atom. The van der Waals surface area contributed by atoms with Crippen molar-refractivity contribution in [3.05, 3.63) is 71.7 Å². The third kappa shape index (κ3) is 2.20. The molecule has 3 aromatic heterocycles. The summed E-state index contributed by atoms with van der Waals surface area (Å²) >= 11 is 0. The van der Waals surface area contributed by atoms with Gasteiger partial charge in [0.2, 0.25) is 0 Å². The van der Waals surface area contributed by atoms with Gasteiger partial charge in [0.1, 0.15) is 5.52 Å². The molecule has 0 amide bonds. The van der Waals surface area contributed by atoms with Gasteiger partial charge in [-0.15, -0.1) is 0 Å². The van der Waals surface area contributed by atoms with Crippen molar-refractivity contribution in [3.63, 3.8) is 0 Å². The van der Waals surface area contributed by atoms with Gasteiger partial charge in [-0.2, -0.15) is 5.10 Å². The molecule has 1 aromatic carbocycles. The molecule has 0 fully saturated rings. The van der Waals surface area contributed by atoms with Crippen LogP contribution in [0.4, 0.5) is 0 Å². The summed E-state index contributed by atoms with van der Waals surface area (Å²) in [6.45, 7) is 0. The minimum absolute atomic E-state index is 0.188. The van der Waals surface area contributed by atoms with Gasteiger partial charge in [-0.05, 0) is 12.1 Å². The molecule has 0 aliphatic rings. The molecular formula is C17H13N5O. The van der Waals surface area contributed by atoms with Crippen molar-refractivity contribution in [1.29, 1.82) is 0 Å². The maximum atomic E-state index is 12.8. The molecule has 4 aromatic rings. The van der Waals surface area contributed by atoms with Gasteiger partial charge in [0.05, 0.1) is 6.20 Å². The first-order valence-corrected chi connectivity index (χ1v) is 7.15. The van der Waals surface area contributed by atoms with Crippen LogP contribution >= 0.6 is 0 Å². The first-order chi connectivity index (χ1) is 11.2. The van der Waals surface area contributed by atoms with E-state index >= 15 is 0 Å². The van der Waals surface area contributed by atoms with Crippen LogP contribution in [-0.4, -0.2) is 24.3 Å². The number of aromatic nitrogens is 5. The number of hydrogen-bond acceptors (Lipinski definition) is 4. The van der Waals surface area contributed by atoms with E-state index in [1.165, 1.54) is 6.20 Å². The van der Waals surface area contributed by atoms with Crippen molar-refractivity contribution < 1.29 is 0 Å². The Morgan fingerprint density at radius 1 is 0.957 bits per heavy atom. The Hall–Kier alpha value is -3.28. The fourth-order valence-electron chi connectivity index (χ4n) is 2.61. The van der Waals surface area contributed by atoms with Gasteiger partial charge in [-0.1, -0.05) is 18.2 Å². The minimum Gasteiger partial charge on any atom is -0.282 e. The number of fused-ring (bicyclic) bond motifs is 1. The predicted octanol–water partition coefficient (Wildman–Crippen LogP) is 2.18. The largest absolute Gasteiger partial charge is 0.283 e. The Kier molecular flexibility index (Phi) is 3.01. The summed E-state index contributed by atoms with van der Waals surface area (Å²) in [5.41, 5.74) is 3.24. The molecule has 6 heteroatoms. The predicted molar refractivity (Wildman–Crippen MR) is 87.3 cm³/mol. The van der Waals surface area contributed by atoms with Crippen molar-refractivity contribution in [2.45, 2.75) is 0 Å². The molecule has 0 radical (unpaired) electrons. The van der Waals surface area contributed by atoms with E-state index in [1.54, 1.807) is 27.8 Å². The zero-order chi connectivity index (χ0) is 15.8. The number of para-hydroxylation sites is 1. The van der Waals surface area contributed by atoms with Crippen LogP contribution in [0.2, 0.25) is 0 Å². The van der Waals surface area contributed by atoms with E-state index in [1.807, 2.05) is 43.6 Å². The van der Waals surface area contributed by atoms with Crippen LogP contribution < -0.4 is 5.56 Å². The molecule has 0 N–H and O–H groups in total. The molecule has 0 unspecified atom stereocenters. The molecule has 4 rings (SSSR count). The Morgan fingerprint density at radius 3 is 2.39 bits per heavy atom. The fraction of sp³-hybridized carbons (Fsp3) is 0.0588. The normalized spacial score (nSPS) is 11.0. The average Bonchev–Trinajstić information content (AvgIpc) is 3.02. The number of aryl methyl sites for hydroxylation is 1. The summed E-state index contributed by atoms with van der Waals surface area (Å²) in [7, 11) is 1.85. The Balaban J connectivity index is 2.10. The quantitative estimate of drug-likeness (QED) is 0.569. The van der Waals surface area contributed by atoms with Gasteiger partial charge in [-0.3, -0.25) is 19.0 Å². The van der Waals surface area contributed by atoms with Gasteiger partial charge >= 0.3 is 0 Å². The number of hydrogen-bond donors (Lipinski definition) is 0. The highest BCUT2D eigenvalue weighted by atomic mass is 16.1. The zero-order valence-electron chi connectivity index (χ0n) is 12.4. The number of benzene rings is 1. The lowest BCUT2D eigenvalue weighted by atomic mass is 10.1. The second kappa shape index (κ2) is 5.17. The van der Waals surface area contributed by atoms with Gasteiger partial charge < -0.3 is 0 Å². The first-order valence-electron chi connectivity index (χ1n) is 7.15. The van der Waals surface area contributed by atoms with Crippen LogP contribution in [0.5, 0.6) is 0 Å². The van der Waals surface area contributed by atoms with E-state index in [0.717, 1.165) is 16.8 Å². The van der Waals surface area contributed by atoms with Crippen molar-refractivity contribution in [1.82, 2.24) is 24.3 Å². The van der Waals surface area contributed by atoms with Crippen LogP contribution in [0, 0.1) is 0 Å². The van der Waals surface area contributed by atoms with Gasteiger partial charge in [0.15, 0.2) is 5.52 Å². The average molecular weight is 303 g/mol. The van der Waals surface area contributed by atoms with E-state index in [0.29, 0.717) is 11.0 Å². The van der Waals surface area contributed by atoms with Crippen LogP contribution in [-0.2, 0) is 7.05 Å². The first kappa shape index (κ1) is 13.4. The van der Waals surface area contributed by atoms with E-state index < -0.39 is 0 Å². The highest BCUT2D eigenvalue weighted by Crippen LogP contribution is 2.24. The number of pyridine rings is 1. The molecule has 0 atom stereocenters. The molecule has 112 valence electrons. The standard InChI is InChI=1S/C17H13N5O/c1-21-10-12(9-20-21)14-11-22(13-5-3-2-4-6-13)17(23)16-15(14)18-7-8-19-16/h2-11H,1H3. The molecular weight excluding hydrogens is 290 g/mol. The van der Waals surface area contributed by atoms with Crippen LogP contribution in [0.1, 0.15) is 0 Å². The van der Waals surface area contributed by atoms with E-state index in [2.05, 4.69) is 15.1 Å². The van der Waals surface area contributed by atoms with Crippen LogP contribution in [0.3, 0.4) is 0 Å². The van der Waals surface area contributed by atoms with E-state index in [-0.39, 0.29) is 5.56 Å². The topological polar surface area (TPSA) is 65.6 Å². The number of rotatable bonds is 2. The maximum absolute atomic E-state index is 12.8. The van der Waals surface area contributed by atoms with Gasteiger partial charge in [0.25, 0.3) is 5.56 Å². The van der Waals surface area contributed by atoms with E-state index in [9.17, 15) is 4.79 Å². The molecule has 6 nitrogen and oxygen atoms in total. The Bertz CT molecular complexity index is 1050. The molecule has 23 heavy (non-hydrogen) atoms. The second-order valence-corrected chi connectivity index (χ2v) is 5.21. The summed E-state index contributed by atoms with van der Waals surface area (Å²) in [5.74, 6) is 0. The molecule has 0 bridgehead atoms. The van der Waals surface area contributed by atoms with Crippen molar-refractivity contribution in [2.75, 3.05) is 0 Å². The summed E-state index contributed by atoms with van der Waals surface area (Å²) in [6, 6.07) is 9.48. The fourth-order valence-corrected chi connectivity index (χ4v) is 2.61. The van der Waals surface area contributed by atoms with Gasteiger partial charge in [0, 0.05) is 48.6 Å². The highest BCUT2D eigenvalue weighted by molar-refractivity contribution is 5.90. The highest BCUT2D eigenvalue weighted by Gasteiger charge is 2.14. The second-order valence-electron chi connectivity index (χ2n) is 5.21. The lowest BCUT2D eigenvalue weighted by Crippen LogP contribution is -2.19. The zero-order valence-corrected chi connectivity index (χ0v) is 12.4. The smallest absolute Gasteiger partial charge is 0.282 e. The summed E-state index contributed by atoms with van der Waals surface area (Å²) in [4.78, 5) is 21.3. The summed E-state index contributed by atoms with van der Waals surface area (Å²) in [5, 5.41) is 4.21. The molecule has 0 saturated heterocycles. The molecule has 0 aliphatic heterocycles. The number of nitrogens with zero attached hydrogens (tertiary/aromatic N) is 5. The molecule has 3 heterocycles. The molecule has 0 saturated carbocycles. The van der Waals surface area contributed by atoms with Crippen molar-refractivity contribution in [3.8, 4) is 16.8 Å². The lowest BCUT2D eigenvalue weighted by molar-refractivity contribution is 0.768. The minimum atomic E-state index is -0.188. The lowest BCUT2D eigenvalue weighted by Gasteiger charge is -2.10. The Labute approximate surface area is 131 Å². The maximum Gasteiger partial charge on any atom is 0.283 e. The van der Waals surface area contributed by atoms with Crippen LogP contribution in [0.15, 0.2) is 66.1 Å². The van der Waals surface area contributed by atoms with Crippen molar-refractivity contribution >= 4 is 11.0 Å². The van der Waals surface area contributed by atoms with Gasteiger partial charge in [-0.25, -0.2) is 4.98 Å². The van der Waals surface area contributed by atoms with Crippen LogP contribution in [0.25, 0.3) is 27.8 Å². The monoisotopic (exact) mass is 303 g/mol.